The van der Waals surface area contributed by atoms with Gasteiger partial charge in [-0.1, -0.05) is 43.5 Å². The third-order valence-electron chi connectivity index (χ3n) is 6.15. The Morgan fingerprint density at radius 1 is 0.960 bits per heavy atom. The summed E-state index contributed by atoms with van der Waals surface area (Å²) in [5.41, 5.74) is 0.962. The van der Waals surface area contributed by atoms with Crippen LogP contribution in [0.4, 0.5) is 0 Å². The van der Waals surface area contributed by atoms with E-state index >= 15 is 0 Å². The highest BCUT2D eigenvalue weighted by Gasteiger charge is 2.44. The first kappa shape index (κ1) is 17.0. The smallest absolute Gasteiger partial charge is 0.255 e. The molecule has 1 N–H and O–H groups in total. The quantitative estimate of drug-likeness (QED) is 0.918. The second-order valence-corrected chi connectivity index (χ2v) is 8.04. The van der Waals surface area contributed by atoms with Gasteiger partial charge < -0.3 is 14.7 Å². The van der Waals surface area contributed by atoms with Gasteiger partial charge in [-0.2, -0.15) is 0 Å². The van der Waals surface area contributed by atoms with Crippen LogP contribution in [0.1, 0.15) is 56.1 Å². The van der Waals surface area contributed by atoms with E-state index in [-0.39, 0.29) is 12.0 Å². The van der Waals surface area contributed by atoms with Crippen molar-refractivity contribution in [2.45, 2.75) is 75.6 Å². The Morgan fingerprint density at radius 2 is 1.52 bits per heavy atom. The molecule has 0 unspecified atom stereocenters. The number of aliphatic hydroxyl groups is 1. The van der Waals surface area contributed by atoms with Gasteiger partial charge in [0.25, 0.3) is 5.91 Å². The zero-order valence-electron chi connectivity index (χ0n) is 15.0. The summed E-state index contributed by atoms with van der Waals surface area (Å²) in [7, 11) is 0. The first-order valence-electron chi connectivity index (χ1n) is 9.88. The molecule has 1 saturated heterocycles. The molecule has 1 aromatic rings. The number of carbonyl (C=O) groups is 1. The van der Waals surface area contributed by atoms with Crippen LogP contribution in [0.5, 0.6) is 0 Å². The Morgan fingerprint density at radius 3 is 2.12 bits per heavy atom. The minimum absolute atomic E-state index is 0.0974. The van der Waals surface area contributed by atoms with Crippen LogP contribution in [0, 0.1) is 0 Å². The van der Waals surface area contributed by atoms with E-state index in [1.807, 2.05) is 29.2 Å². The summed E-state index contributed by atoms with van der Waals surface area (Å²) in [6, 6.07) is 7.99. The molecule has 0 atom stereocenters. The molecular formula is C21H29NO3. The Labute approximate surface area is 150 Å². The summed E-state index contributed by atoms with van der Waals surface area (Å²) < 4.78 is 6.26. The zero-order valence-corrected chi connectivity index (χ0v) is 15.0. The van der Waals surface area contributed by atoms with Crippen molar-refractivity contribution in [2.75, 3.05) is 13.1 Å². The fraction of sp³-hybridized carbons (Fsp3) is 0.667. The highest BCUT2D eigenvalue weighted by Crippen LogP contribution is 2.32. The Bertz CT molecular complexity index is 590. The molecule has 0 spiro atoms. The molecule has 4 heteroatoms. The largest absolute Gasteiger partial charge is 0.379 e. The van der Waals surface area contributed by atoms with E-state index in [2.05, 4.69) is 0 Å². The maximum absolute atomic E-state index is 12.9. The Balaban J connectivity index is 1.31. The number of piperidine rings is 1. The molecule has 1 saturated carbocycles. The number of carbonyl (C=O) groups excluding carboxylic acids is 1. The van der Waals surface area contributed by atoms with Crippen LogP contribution in [-0.4, -0.2) is 46.8 Å². The number of hydrogen-bond acceptors (Lipinski definition) is 3. The number of nitrogens with zero attached hydrogens (tertiary/aromatic N) is 1. The van der Waals surface area contributed by atoms with E-state index in [1.165, 1.54) is 32.1 Å². The Kier molecular flexibility index (Phi) is 4.83. The molecule has 1 amide bonds. The lowest BCUT2D eigenvalue weighted by atomic mass is 9.95. The number of rotatable bonds is 3. The van der Waals surface area contributed by atoms with Gasteiger partial charge in [0.2, 0.25) is 0 Å². The molecule has 1 aromatic carbocycles. The van der Waals surface area contributed by atoms with Crippen LogP contribution in [-0.2, 0) is 22.4 Å². The highest BCUT2D eigenvalue weighted by molar-refractivity contribution is 5.87. The maximum Gasteiger partial charge on any atom is 0.255 e. The van der Waals surface area contributed by atoms with Crippen molar-refractivity contribution < 1.29 is 14.6 Å². The Hall–Kier alpha value is -1.39. The lowest BCUT2D eigenvalue weighted by molar-refractivity contribution is -0.153. The lowest BCUT2D eigenvalue weighted by Gasteiger charge is -2.37. The number of likely N-dealkylation sites (tertiary alicyclic amines) is 1. The summed E-state index contributed by atoms with van der Waals surface area (Å²) in [6.45, 7) is 1.41. The van der Waals surface area contributed by atoms with Crippen molar-refractivity contribution in [3.63, 3.8) is 0 Å². The zero-order chi connectivity index (χ0) is 17.3. The van der Waals surface area contributed by atoms with Gasteiger partial charge in [0.1, 0.15) is 0 Å². The van der Waals surface area contributed by atoms with Crippen molar-refractivity contribution in [3.05, 3.63) is 35.4 Å². The molecule has 0 radical (unpaired) electrons. The highest BCUT2D eigenvalue weighted by atomic mass is 16.5. The monoisotopic (exact) mass is 343 g/mol. The minimum atomic E-state index is -1.25. The van der Waals surface area contributed by atoms with E-state index in [0.717, 1.165) is 24.0 Å². The molecule has 2 fully saturated rings. The summed E-state index contributed by atoms with van der Waals surface area (Å²) in [5.74, 6) is -0.0974. The van der Waals surface area contributed by atoms with E-state index in [0.29, 0.717) is 32.0 Å². The van der Waals surface area contributed by atoms with E-state index < -0.39 is 5.60 Å². The first-order valence-corrected chi connectivity index (χ1v) is 9.88. The SMILES string of the molecule is O=C(N1CCC(OC2CCCCC2)CC1)C1(O)Cc2ccccc2C1. The molecular weight excluding hydrogens is 314 g/mol. The van der Waals surface area contributed by atoms with Crippen molar-refractivity contribution in [3.8, 4) is 0 Å². The molecule has 1 heterocycles. The van der Waals surface area contributed by atoms with Crippen LogP contribution in [0.3, 0.4) is 0 Å². The standard InChI is InChI=1S/C21H29NO3/c23-20(21(24)14-16-6-4-5-7-17(16)15-21)22-12-10-19(11-13-22)25-18-8-2-1-3-9-18/h4-7,18-19,24H,1-3,8-15H2. The predicted octanol–water partition coefficient (Wildman–Crippen LogP) is 2.86. The van der Waals surface area contributed by atoms with Gasteiger partial charge in [-0.3, -0.25) is 4.79 Å². The van der Waals surface area contributed by atoms with E-state index in [9.17, 15) is 9.90 Å². The number of benzene rings is 1. The van der Waals surface area contributed by atoms with Crippen LogP contribution in [0.2, 0.25) is 0 Å². The summed E-state index contributed by atoms with van der Waals surface area (Å²) in [4.78, 5) is 14.8. The number of hydrogen-bond donors (Lipinski definition) is 1. The molecule has 25 heavy (non-hydrogen) atoms. The van der Waals surface area contributed by atoms with Crippen LogP contribution >= 0.6 is 0 Å². The fourth-order valence-corrected chi connectivity index (χ4v) is 4.71. The van der Waals surface area contributed by atoms with Gasteiger partial charge in [0.05, 0.1) is 12.2 Å². The topological polar surface area (TPSA) is 49.8 Å². The summed E-state index contributed by atoms with van der Waals surface area (Å²) >= 11 is 0. The van der Waals surface area contributed by atoms with Crippen LogP contribution < -0.4 is 0 Å². The van der Waals surface area contributed by atoms with Crippen LogP contribution in [0.15, 0.2) is 24.3 Å². The van der Waals surface area contributed by atoms with Crippen molar-refractivity contribution in [1.82, 2.24) is 4.90 Å². The van der Waals surface area contributed by atoms with Crippen molar-refractivity contribution in [1.29, 1.82) is 0 Å². The average Bonchev–Trinajstić information content (AvgIpc) is 3.00. The summed E-state index contributed by atoms with van der Waals surface area (Å²) in [5, 5.41) is 10.9. The molecule has 0 aromatic heterocycles. The second kappa shape index (κ2) is 7.08. The first-order chi connectivity index (χ1) is 12.1. The summed E-state index contributed by atoms with van der Waals surface area (Å²) in [6.07, 6.45) is 9.68. The molecule has 4 nitrogen and oxygen atoms in total. The lowest BCUT2D eigenvalue weighted by Crippen LogP contribution is -2.53. The number of amides is 1. The molecule has 4 rings (SSSR count). The van der Waals surface area contributed by atoms with Crippen LogP contribution in [0.25, 0.3) is 0 Å². The fourth-order valence-electron chi connectivity index (χ4n) is 4.71. The molecule has 136 valence electrons. The van der Waals surface area contributed by atoms with E-state index in [1.54, 1.807) is 0 Å². The number of fused-ring (bicyclic) bond motifs is 1. The van der Waals surface area contributed by atoms with Gasteiger partial charge in [-0.25, -0.2) is 0 Å². The third kappa shape index (κ3) is 3.61. The van der Waals surface area contributed by atoms with Gasteiger partial charge in [-0.05, 0) is 36.8 Å². The minimum Gasteiger partial charge on any atom is -0.379 e. The average molecular weight is 343 g/mol. The van der Waals surface area contributed by atoms with Gasteiger partial charge in [0, 0.05) is 25.9 Å². The molecule has 3 aliphatic rings. The van der Waals surface area contributed by atoms with E-state index in [4.69, 9.17) is 4.74 Å². The molecule has 2 aliphatic carbocycles. The molecule has 0 bridgehead atoms. The normalized spacial score (nSPS) is 24.3. The second-order valence-electron chi connectivity index (χ2n) is 8.04. The van der Waals surface area contributed by atoms with Gasteiger partial charge >= 0.3 is 0 Å². The predicted molar refractivity (Wildman–Crippen MR) is 96.4 cm³/mol. The van der Waals surface area contributed by atoms with Crippen molar-refractivity contribution in [2.24, 2.45) is 0 Å². The number of ether oxygens (including phenoxy) is 1. The maximum atomic E-state index is 12.9. The molecule has 1 aliphatic heterocycles. The van der Waals surface area contributed by atoms with Crippen molar-refractivity contribution >= 4 is 5.91 Å². The van der Waals surface area contributed by atoms with Gasteiger partial charge in [0.15, 0.2) is 5.60 Å². The third-order valence-corrected chi connectivity index (χ3v) is 6.15. The van der Waals surface area contributed by atoms with Gasteiger partial charge in [-0.15, -0.1) is 0 Å².